The Kier molecular flexibility index (Phi) is 17.1. The molecule has 2 aliphatic rings. The van der Waals surface area contributed by atoms with Crippen molar-refractivity contribution < 1.29 is 14.4 Å². The fourth-order valence-electron chi connectivity index (χ4n) is 4.19. The molecule has 1 aromatic carbocycles. The Labute approximate surface area is 264 Å². The lowest BCUT2D eigenvalue weighted by Crippen LogP contribution is -2.37. The fourth-order valence-corrected chi connectivity index (χ4v) is 5.16. The molecule has 0 radical (unpaired) electrons. The van der Waals surface area contributed by atoms with E-state index in [0.717, 1.165) is 52.6 Å². The molecule has 3 amide bonds. The van der Waals surface area contributed by atoms with Crippen molar-refractivity contribution in [3.8, 4) is 21.7 Å². The van der Waals surface area contributed by atoms with E-state index in [0.29, 0.717) is 12.2 Å². The number of hydrogen-bond acceptors (Lipinski definition) is 7. The van der Waals surface area contributed by atoms with E-state index >= 15 is 0 Å². The number of likely N-dealkylation sites (tertiary alicyclic amines) is 1. The molecule has 6 rings (SSSR count). The van der Waals surface area contributed by atoms with Crippen molar-refractivity contribution in [2.75, 3.05) is 38.0 Å². The highest BCUT2D eigenvalue weighted by atomic mass is 32.1. The zero-order valence-electron chi connectivity index (χ0n) is 26.7. The summed E-state index contributed by atoms with van der Waals surface area (Å²) in [5.41, 5.74) is 3.22. The Bertz CT molecular complexity index is 1320. The smallest absolute Gasteiger partial charge is 0.241 e. The maximum Gasteiger partial charge on any atom is 0.241 e. The van der Waals surface area contributed by atoms with Gasteiger partial charge in [-0.25, -0.2) is 9.97 Å². The summed E-state index contributed by atoms with van der Waals surface area (Å²) < 4.78 is 1.91. The second-order valence-corrected chi connectivity index (χ2v) is 10.9. The predicted octanol–water partition coefficient (Wildman–Crippen LogP) is 5.58. The maximum atomic E-state index is 11.3. The summed E-state index contributed by atoms with van der Waals surface area (Å²) in [6, 6.07) is 8.27. The van der Waals surface area contributed by atoms with Crippen LogP contribution in [0.25, 0.3) is 26.7 Å². The van der Waals surface area contributed by atoms with Crippen LogP contribution < -0.4 is 16.0 Å². The van der Waals surface area contributed by atoms with E-state index in [4.69, 9.17) is 0 Å². The lowest BCUT2D eigenvalue weighted by Gasteiger charge is -2.14. The van der Waals surface area contributed by atoms with Crippen LogP contribution in [0.15, 0.2) is 49.2 Å². The molecule has 3 aromatic heterocycles. The number of imidazole rings is 2. The molecular formula is C32H48N8O3S. The predicted molar refractivity (Wildman–Crippen MR) is 180 cm³/mol. The minimum atomic E-state index is -0.150. The van der Waals surface area contributed by atoms with Gasteiger partial charge < -0.3 is 25.8 Å². The van der Waals surface area contributed by atoms with Gasteiger partial charge in [0.25, 0.3) is 0 Å². The quantitative estimate of drug-likeness (QED) is 0.207. The highest BCUT2D eigenvalue weighted by molar-refractivity contribution is 7.20. The molecule has 5 heterocycles. The number of hydrogen-bond donors (Lipinski definition) is 4. The minimum Gasteiger partial charge on any atom is -0.347 e. The third-order valence-corrected chi connectivity index (χ3v) is 7.29. The SMILES string of the molecule is C1CCNC1.CC.CC(=O)NCC(=O)N1CCCC1.CCC.O=CNc1cn2cc(-c3ccc(-c4cnc[nH]4)cc3)sc2n1. The van der Waals surface area contributed by atoms with Crippen LogP contribution in [0, 0.1) is 0 Å². The molecule has 0 spiro atoms. The first kappa shape index (κ1) is 36.2. The average molecular weight is 625 g/mol. The topological polar surface area (TPSA) is 137 Å². The van der Waals surface area contributed by atoms with E-state index in [9.17, 15) is 14.4 Å². The first-order valence-electron chi connectivity index (χ1n) is 15.5. The summed E-state index contributed by atoms with van der Waals surface area (Å²) >= 11 is 1.58. The molecule has 2 fully saturated rings. The number of aromatic nitrogens is 4. The second-order valence-electron chi connectivity index (χ2n) is 9.88. The van der Waals surface area contributed by atoms with E-state index in [1.807, 2.05) is 24.4 Å². The van der Waals surface area contributed by atoms with Crippen LogP contribution in [0.5, 0.6) is 0 Å². The molecule has 11 nitrogen and oxygen atoms in total. The van der Waals surface area contributed by atoms with Crippen LogP contribution >= 0.6 is 11.3 Å². The number of fused-ring (bicyclic) bond motifs is 1. The molecule has 0 unspecified atom stereocenters. The van der Waals surface area contributed by atoms with Crippen molar-refractivity contribution in [1.82, 2.24) is 34.9 Å². The molecule has 0 atom stereocenters. The van der Waals surface area contributed by atoms with E-state index in [-0.39, 0.29) is 18.4 Å². The second kappa shape index (κ2) is 20.8. The highest BCUT2D eigenvalue weighted by Gasteiger charge is 2.17. The monoisotopic (exact) mass is 624 g/mol. The van der Waals surface area contributed by atoms with Crippen molar-refractivity contribution in [3.63, 3.8) is 0 Å². The number of aromatic amines is 1. The van der Waals surface area contributed by atoms with Gasteiger partial charge in [-0.1, -0.05) is 69.7 Å². The average Bonchev–Trinajstić information content (AvgIpc) is 3.87. The van der Waals surface area contributed by atoms with Crippen LogP contribution in [-0.4, -0.2) is 75.2 Å². The van der Waals surface area contributed by atoms with Crippen molar-refractivity contribution in [2.24, 2.45) is 0 Å². The lowest BCUT2D eigenvalue weighted by molar-refractivity contribution is -0.131. The molecule has 44 heavy (non-hydrogen) atoms. The van der Waals surface area contributed by atoms with Gasteiger partial charge in [-0.3, -0.25) is 18.8 Å². The zero-order chi connectivity index (χ0) is 32.2. The molecule has 4 aromatic rings. The largest absolute Gasteiger partial charge is 0.347 e. The number of amides is 3. The number of carbonyl (C=O) groups is 3. The maximum absolute atomic E-state index is 11.3. The molecule has 4 N–H and O–H groups in total. The third-order valence-electron chi connectivity index (χ3n) is 6.25. The molecule has 2 aliphatic heterocycles. The number of carbonyl (C=O) groups excluding carboxylic acids is 3. The third kappa shape index (κ3) is 12.3. The van der Waals surface area contributed by atoms with Gasteiger partial charge in [-0.05, 0) is 49.9 Å². The van der Waals surface area contributed by atoms with Crippen LogP contribution in [0.2, 0.25) is 0 Å². The number of anilines is 1. The molecule has 0 bridgehead atoms. The molecule has 0 saturated carbocycles. The Balaban J connectivity index is 0.000000257. The standard InChI is InChI=1S/C15H11N5OS.C8H14N2O2.C4H9N.C3H8.C2H6/c21-9-18-14-7-20-6-13(22-15(20)19-14)11-3-1-10(2-4-11)12-5-16-8-17-12;1-7(11)9-6-8(12)10-4-2-3-5-10;1-2-4-5-3-1;1-3-2;1-2/h1-9H,(H,16,17)(H,18,21);2-6H2,1H3,(H,9,11);5H,1-4H2;3H2,1-2H3;1-2H3. The van der Waals surface area contributed by atoms with Crippen LogP contribution in [0.1, 0.15) is 66.7 Å². The highest BCUT2D eigenvalue weighted by Crippen LogP contribution is 2.30. The molecule has 240 valence electrons. The Morgan fingerprint density at radius 2 is 1.64 bits per heavy atom. The van der Waals surface area contributed by atoms with Crippen LogP contribution in [0.3, 0.4) is 0 Å². The Hall–Kier alpha value is -4.03. The minimum absolute atomic E-state index is 0.0303. The molecule has 2 saturated heterocycles. The van der Waals surface area contributed by atoms with Gasteiger partial charge in [-0.15, -0.1) is 0 Å². The van der Waals surface area contributed by atoms with Gasteiger partial charge in [0, 0.05) is 26.2 Å². The fraction of sp³-hybridized carbons (Fsp3) is 0.469. The Morgan fingerprint density at radius 3 is 2.14 bits per heavy atom. The van der Waals surface area contributed by atoms with Gasteiger partial charge in [0.2, 0.25) is 18.2 Å². The van der Waals surface area contributed by atoms with E-state index < -0.39 is 0 Å². The van der Waals surface area contributed by atoms with Gasteiger partial charge in [0.1, 0.15) is 0 Å². The summed E-state index contributed by atoms with van der Waals surface area (Å²) in [4.78, 5) is 47.4. The number of benzene rings is 1. The van der Waals surface area contributed by atoms with Gasteiger partial charge in [0.05, 0.1) is 35.8 Å². The van der Waals surface area contributed by atoms with E-state index in [1.54, 1.807) is 35.0 Å². The first-order valence-corrected chi connectivity index (χ1v) is 16.3. The number of nitrogens with one attached hydrogen (secondary N) is 4. The number of H-pyrrole nitrogens is 1. The van der Waals surface area contributed by atoms with Gasteiger partial charge in [0.15, 0.2) is 10.8 Å². The van der Waals surface area contributed by atoms with Crippen molar-refractivity contribution >= 4 is 40.3 Å². The molecular weight excluding hydrogens is 576 g/mol. The lowest BCUT2D eigenvalue weighted by atomic mass is 10.1. The van der Waals surface area contributed by atoms with Gasteiger partial charge in [-0.2, -0.15) is 0 Å². The number of nitrogens with zero attached hydrogens (tertiary/aromatic N) is 4. The summed E-state index contributed by atoms with van der Waals surface area (Å²) in [7, 11) is 0. The molecule has 12 heteroatoms. The number of thiazole rings is 1. The summed E-state index contributed by atoms with van der Waals surface area (Å²) in [6.07, 6.45) is 14.1. The first-order chi connectivity index (χ1) is 21.4. The van der Waals surface area contributed by atoms with E-state index in [1.165, 1.54) is 39.3 Å². The van der Waals surface area contributed by atoms with Crippen LogP contribution in [-0.2, 0) is 14.4 Å². The molecule has 0 aliphatic carbocycles. The summed E-state index contributed by atoms with van der Waals surface area (Å²) in [5, 5.41) is 8.26. The summed E-state index contributed by atoms with van der Waals surface area (Å²) in [5.74, 6) is 0.438. The Morgan fingerprint density at radius 1 is 1.00 bits per heavy atom. The van der Waals surface area contributed by atoms with Crippen LogP contribution in [0.4, 0.5) is 5.82 Å². The van der Waals surface area contributed by atoms with E-state index in [2.05, 4.69) is 69.0 Å². The normalized spacial score (nSPS) is 13.2. The van der Waals surface area contributed by atoms with Crippen molar-refractivity contribution in [2.45, 2.75) is 66.7 Å². The zero-order valence-corrected chi connectivity index (χ0v) is 27.5. The summed E-state index contributed by atoms with van der Waals surface area (Å²) in [6.45, 7) is 14.0. The van der Waals surface area contributed by atoms with Crippen molar-refractivity contribution in [3.05, 3.63) is 49.2 Å². The number of rotatable bonds is 6. The van der Waals surface area contributed by atoms with Gasteiger partial charge >= 0.3 is 0 Å². The van der Waals surface area contributed by atoms with Crippen molar-refractivity contribution in [1.29, 1.82) is 0 Å².